The molecule has 2 aliphatic carbocycles. The molecule has 0 nitrogen and oxygen atoms in total. The number of rotatable bonds is 8. The van der Waals surface area contributed by atoms with Gasteiger partial charge in [0.05, 0.1) is 0 Å². The van der Waals surface area contributed by atoms with Crippen molar-refractivity contribution < 1.29 is 0 Å². The molecule has 0 aliphatic heterocycles. The molecule has 0 saturated heterocycles. The molecule has 0 radical (unpaired) electrons. The van der Waals surface area contributed by atoms with Crippen LogP contribution in [0.15, 0.2) is 24.3 Å². The molecule has 0 amide bonds. The smallest absolute Gasteiger partial charge is 0.0433 e. The fourth-order valence-electron chi connectivity index (χ4n) is 9.16. The lowest BCUT2D eigenvalue weighted by molar-refractivity contribution is -0.00421. The number of alkyl halides is 2. The highest BCUT2D eigenvalue weighted by molar-refractivity contribution is 6.19. The maximum atomic E-state index is 6.21. The summed E-state index contributed by atoms with van der Waals surface area (Å²) in [7, 11) is 0. The lowest BCUT2D eigenvalue weighted by Gasteiger charge is -2.53. The summed E-state index contributed by atoms with van der Waals surface area (Å²) in [4.78, 5) is 0. The molecule has 2 rings (SSSR count). The minimum Gasteiger partial charge on any atom is -0.122 e. The average molecular weight is 542 g/mol. The Balaban J connectivity index is 0.000000397. The zero-order valence-electron chi connectivity index (χ0n) is 26.3. The van der Waals surface area contributed by atoms with Crippen molar-refractivity contribution in [3.8, 4) is 0 Å². The van der Waals surface area contributed by atoms with Crippen LogP contribution in [0.1, 0.15) is 128 Å². The summed E-state index contributed by atoms with van der Waals surface area (Å²) in [6.07, 6.45) is 8.99. The third-order valence-electron chi connectivity index (χ3n) is 9.10. The lowest BCUT2D eigenvalue weighted by Crippen LogP contribution is -2.44. The molecule has 0 aromatic carbocycles. The molecule has 0 heterocycles. The molecule has 0 bridgehead atoms. The summed E-state index contributed by atoms with van der Waals surface area (Å²) in [6.45, 7) is 37.2. The Bertz CT molecular complexity index is 734. The van der Waals surface area contributed by atoms with Crippen LogP contribution in [0.4, 0.5) is 0 Å². The molecule has 2 aliphatic rings. The Morgan fingerprint density at radius 1 is 0.833 bits per heavy atom. The Morgan fingerprint density at radius 3 is 1.78 bits per heavy atom. The topological polar surface area (TPSA) is 0 Å². The second-order valence-electron chi connectivity index (χ2n) is 16.7. The fraction of sp³-hybridized carbons (Fsp3) is 0.882. The molecule has 0 aromatic rings. The highest BCUT2D eigenvalue weighted by Gasteiger charge is 2.48. The third-order valence-corrected chi connectivity index (χ3v) is 9.79. The van der Waals surface area contributed by atoms with E-state index in [-0.39, 0.29) is 0 Å². The molecule has 0 spiro atoms. The standard InChI is InChI=1S/C21H39Cl.C13H23Cl/c1-15(2)10-19(4,5)11-17-12-20(6,7)14-21(8,9)18(17)16(3)13-22;1-10(8-14)11-6-7-12(2,3)9-13(11,4)5/h15,17-18H,3,10-14H2,1-2,4-9H3;11H,1,6-9H2,2-5H3. The largest absolute Gasteiger partial charge is 0.122 e. The van der Waals surface area contributed by atoms with Gasteiger partial charge in [0.25, 0.3) is 0 Å². The van der Waals surface area contributed by atoms with Gasteiger partial charge in [-0.05, 0) is 95.7 Å². The van der Waals surface area contributed by atoms with Crippen molar-refractivity contribution >= 4 is 23.2 Å². The maximum Gasteiger partial charge on any atom is 0.0433 e. The first-order chi connectivity index (χ1) is 16.1. The Morgan fingerprint density at radius 2 is 1.33 bits per heavy atom. The normalized spacial score (nSPS) is 28.7. The summed E-state index contributed by atoms with van der Waals surface area (Å²) in [6, 6.07) is 0. The zero-order valence-corrected chi connectivity index (χ0v) is 27.9. The Labute approximate surface area is 237 Å². The van der Waals surface area contributed by atoms with Gasteiger partial charge in [0.2, 0.25) is 0 Å². The van der Waals surface area contributed by atoms with Gasteiger partial charge in [0.1, 0.15) is 0 Å². The third kappa shape index (κ3) is 9.98. The number of allylic oxidation sites excluding steroid dienone is 2. The van der Waals surface area contributed by atoms with E-state index in [2.05, 4.69) is 96.2 Å². The highest BCUT2D eigenvalue weighted by atomic mass is 35.5. The molecule has 36 heavy (non-hydrogen) atoms. The van der Waals surface area contributed by atoms with Crippen LogP contribution in [-0.2, 0) is 0 Å². The van der Waals surface area contributed by atoms with E-state index in [4.69, 9.17) is 23.2 Å². The van der Waals surface area contributed by atoms with E-state index in [1.165, 1.54) is 56.1 Å². The maximum absolute atomic E-state index is 6.21. The molecule has 2 fully saturated rings. The Hall–Kier alpha value is 0.0600. The summed E-state index contributed by atoms with van der Waals surface area (Å²) in [5, 5.41) is 0. The molecule has 212 valence electrons. The predicted octanol–water partition coefficient (Wildman–Crippen LogP) is 12.0. The van der Waals surface area contributed by atoms with Crippen LogP contribution in [0.25, 0.3) is 0 Å². The van der Waals surface area contributed by atoms with Crippen molar-refractivity contribution in [1.29, 1.82) is 0 Å². The van der Waals surface area contributed by atoms with Crippen molar-refractivity contribution in [2.45, 2.75) is 128 Å². The van der Waals surface area contributed by atoms with E-state index in [1.807, 2.05) is 0 Å². The summed E-state index contributed by atoms with van der Waals surface area (Å²) < 4.78 is 0. The minimum absolute atomic E-state index is 0.298. The zero-order chi connectivity index (χ0) is 28.3. The van der Waals surface area contributed by atoms with Crippen molar-refractivity contribution in [3.63, 3.8) is 0 Å². The first-order valence-electron chi connectivity index (χ1n) is 14.6. The van der Waals surface area contributed by atoms with Crippen LogP contribution in [0.5, 0.6) is 0 Å². The van der Waals surface area contributed by atoms with Crippen molar-refractivity contribution in [1.82, 2.24) is 0 Å². The second-order valence-corrected chi connectivity index (χ2v) is 17.3. The van der Waals surface area contributed by atoms with Crippen LogP contribution < -0.4 is 0 Å². The summed E-state index contributed by atoms with van der Waals surface area (Å²) in [5.74, 6) is 3.87. The molecule has 3 atom stereocenters. The number of halogens is 2. The fourth-order valence-corrected chi connectivity index (χ4v) is 9.51. The van der Waals surface area contributed by atoms with Crippen molar-refractivity contribution in [2.24, 2.45) is 50.7 Å². The van der Waals surface area contributed by atoms with E-state index in [0.29, 0.717) is 56.6 Å². The molecule has 2 saturated carbocycles. The molecule has 3 unspecified atom stereocenters. The van der Waals surface area contributed by atoms with Gasteiger partial charge in [-0.3, -0.25) is 0 Å². The van der Waals surface area contributed by atoms with Crippen LogP contribution in [0.3, 0.4) is 0 Å². The van der Waals surface area contributed by atoms with Crippen LogP contribution in [0, 0.1) is 50.7 Å². The minimum atomic E-state index is 0.298. The molecule has 0 aromatic heterocycles. The molecule has 0 N–H and O–H groups in total. The van der Waals surface area contributed by atoms with Gasteiger partial charge in [-0.15, -0.1) is 23.2 Å². The van der Waals surface area contributed by atoms with Gasteiger partial charge in [0.15, 0.2) is 0 Å². The van der Waals surface area contributed by atoms with E-state index in [0.717, 1.165) is 5.92 Å². The van der Waals surface area contributed by atoms with Gasteiger partial charge in [-0.1, -0.05) is 107 Å². The van der Waals surface area contributed by atoms with E-state index in [1.54, 1.807) is 0 Å². The van der Waals surface area contributed by atoms with E-state index < -0.39 is 0 Å². The second kappa shape index (κ2) is 12.5. The number of hydrogen-bond donors (Lipinski definition) is 0. The Kier molecular flexibility index (Phi) is 11.8. The van der Waals surface area contributed by atoms with Gasteiger partial charge in [0, 0.05) is 11.8 Å². The first-order valence-corrected chi connectivity index (χ1v) is 15.6. The highest BCUT2D eigenvalue weighted by Crippen LogP contribution is 2.57. The predicted molar refractivity (Wildman–Crippen MR) is 166 cm³/mol. The first kappa shape index (κ1) is 34.1. The van der Waals surface area contributed by atoms with Crippen molar-refractivity contribution in [2.75, 3.05) is 11.8 Å². The van der Waals surface area contributed by atoms with E-state index in [9.17, 15) is 0 Å². The van der Waals surface area contributed by atoms with Gasteiger partial charge in [-0.25, -0.2) is 0 Å². The quantitative estimate of drug-likeness (QED) is 0.212. The van der Waals surface area contributed by atoms with Crippen LogP contribution in [0.2, 0.25) is 0 Å². The monoisotopic (exact) mass is 540 g/mol. The van der Waals surface area contributed by atoms with Gasteiger partial charge >= 0.3 is 0 Å². The molecular formula is C34H62Cl2. The summed E-state index contributed by atoms with van der Waals surface area (Å²) in [5.41, 5.74) is 4.46. The summed E-state index contributed by atoms with van der Waals surface area (Å²) >= 11 is 12.1. The number of hydrogen-bond acceptors (Lipinski definition) is 0. The van der Waals surface area contributed by atoms with Crippen molar-refractivity contribution in [3.05, 3.63) is 24.3 Å². The van der Waals surface area contributed by atoms with Crippen LogP contribution in [-0.4, -0.2) is 11.8 Å². The molecule has 2 heteroatoms. The lowest BCUT2D eigenvalue weighted by atomic mass is 9.52. The average Bonchev–Trinajstić information content (AvgIpc) is 2.62. The van der Waals surface area contributed by atoms with Crippen LogP contribution >= 0.6 is 23.2 Å². The van der Waals surface area contributed by atoms with Gasteiger partial charge in [-0.2, -0.15) is 0 Å². The SMILES string of the molecule is C=C(CCl)C1C(CC(C)(C)CC(C)C)CC(C)(C)CC1(C)C.C=C(CCl)C1CCC(C)(C)CC1(C)C. The van der Waals surface area contributed by atoms with Gasteiger partial charge < -0.3 is 0 Å². The van der Waals surface area contributed by atoms with E-state index >= 15 is 0 Å². The molecular weight excluding hydrogens is 479 g/mol.